The number of alkyl halides is 1. The fraction of sp³-hybridized carbons (Fsp3) is 0.381. The third-order valence-corrected chi connectivity index (χ3v) is 5.07. The molecule has 0 spiro atoms. The van der Waals surface area contributed by atoms with Crippen molar-refractivity contribution in [2.45, 2.75) is 0 Å². The minimum absolute atomic E-state index is 0.00962. The zero-order valence-electron chi connectivity index (χ0n) is 17.4. The first-order valence-electron chi connectivity index (χ1n) is 10.1. The Bertz CT molecular complexity index is 994. The molecule has 2 aromatic heterocycles. The van der Waals surface area contributed by atoms with Crippen LogP contribution >= 0.6 is 11.6 Å². The van der Waals surface area contributed by atoms with Gasteiger partial charge in [0.25, 0.3) is 0 Å². The molecule has 2 N–H and O–H groups in total. The average Bonchev–Trinajstić information content (AvgIpc) is 2.85. The van der Waals surface area contributed by atoms with Crippen molar-refractivity contribution in [1.29, 1.82) is 10.5 Å². The molecule has 1 aliphatic heterocycles. The molecule has 1 fully saturated rings. The van der Waals surface area contributed by atoms with Crippen LogP contribution in [0.5, 0.6) is 5.88 Å². The number of pyridine rings is 2. The van der Waals surface area contributed by atoms with Crippen molar-refractivity contribution in [2.24, 2.45) is 0 Å². The topological polar surface area (TPSA) is 130 Å². The number of nitrogens with zero attached hydrogens (tertiary/aromatic N) is 6. The lowest BCUT2D eigenvalue weighted by Crippen LogP contribution is -2.50. The molecular formula is C21H23ClN8O2. The van der Waals surface area contributed by atoms with Gasteiger partial charge in [0.1, 0.15) is 41.8 Å². The number of carbonyl (C=O) groups excluding carboxylic acids is 1. The van der Waals surface area contributed by atoms with Crippen molar-refractivity contribution < 1.29 is 9.53 Å². The van der Waals surface area contributed by atoms with E-state index in [1.54, 1.807) is 29.2 Å². The molecule has 1 aliphatic rings. The number of hydrogen-bond donors (Lipinski definition) is 2. The fourth-order valence-corrected chi connectivity index (χ4v) is 3.23. The van der Waals surface area contributed by atoms with Crippen LogP contribution in [0.15, 0.2) is 30.5 Å². The molecule has 1 amide bonds. The van der Waals surface area contributed by atoms with Gasteiger partial charge < -0.3 is 20.3 Å². The van der Waals surface area contributed by atoms with Gasteiger partial charge in [-0.05, 0) is 24.3 Å². The molecule has 3 heterocycles. The van der Waals surface area contributed by atoms with Crippen molar-refractivity contribution in [1.82, 2.24) is 19.8 Å². The van der Waals surface area contributed by atoms with Crippen LogP contribution in [0.2, 0.25) is 0 Å². The summed E-state index contributed by atoms with van der Waals surface area (Å²) in [5, 5.41) is 24.4. The Morgan fingerprint density at radius 1 is 1.09 bits per heavy atom. The van der Waals surface area contributed by atoms with E-state index in [0.717, 1.165) is 13.1 Å². The van der Waals surface area contributed by atoms with Gasteiger partial charge in [-0.1, -0.05) is 0 Å². The second-order valence-electron chi connectivity index (χ2n) is 6.95. The standard InChI is InChI=1S/C21H23ClN8O2/c22-11-20(31)30-8-6-29(7-9-30)15-27-19-4-2-17(13-24)21(28-19)32-10-5-25-18-3-1-16(12-23)14-26-18/h1-4,14H,5-11,15H2,(H,25,26)(H,27,28). The molecule has 0 bridgehead atoms. The van der Waals surface area contributed by atoms with E-state index < -0.39 is 0 Å². The van der Waals surface area contributed by atoms with Crippen LogP contribution in [0.4, 0.5) is 11.6 Å². The van der Waals surface area contributed by atoms with E-state index in [-0.39, 0.29) is 24.3 Å². The van der Waals surface area contributed by atoms with Gasteiger partial charge in [-0.25, -0.2) is 4.98 Å². The summed E-state index contributed by atoms with van der Waals surface area (Å²) >= 11 is 5.61. The highest BCUT2D eigenvalue weighted by atomic mass is 35.5. The van der Waals surface area contributed by atoms with Gasteiger partial charge in [0.05, 0.1) is 18.8 Å². The normalized spacial score (nSPS) is 13.7. The highest BCUT2D eigenvalue weighted by Gasteiger charge is 2.20. The van der Waals surface area contributed by atoms with E-state index in [1.807, 2.05) is 6.07 Å². The predicted molar refractivity (Wildman–Crippen MR) is 119 cm³/mol. The summed E-state index contributed by atoms with van der Waals surface area (Å²) in [6.45, 7) is 4.06. The number of hydrogen-bond acceptors (Lipinski definition) is 9. The number of rotatable bonds is 9. The summed E-state index contributed by atoms with van der Waals surface area (Å²) < 4.78 is 5.69. The third kappa shape index (κ3) is 6.45. The Kier molecular flexibility index (Phi) is 8.44. The van der Waals surface area contributed by atoms with Crippen molar-refractivity contribution in [3.8, 4) is 18.0 Å². The molecular weight excluding hydrogens is 432 g/mol. The van der Waals surface area contributed by atoms with Gasteiger partial charge in [0.15, 0.2) is 0 Å². The lowest BCUT2D eigenvalue weighted by Gasteiger charge is -2.34. The van der Waals surface area contributed by atoms with Gasteiger partial charge in [0.2, 0.25) is 11.8 Å². The van der Waals surface area contributed by atoms with Gasteiger partial charge in [-0.2, -0.15) is 15.5 Å². The van der Waals surface area contributed by atoms with E-state index in [4.69, 9.17) is 21.6 Å². The number of carbonyl (C=O) groups is 1. The number of nitriles is 2. The largest absolute Gasteiger partial charge is 0.475 e. The van der Waals surface area contributed by atoms with Crippen LogP contribution in [-0.2, 0) is 4.79 Å². The quantitative estimate of drug-likeness (QED) is 0.427. The molecule has 2 aromatic rings. The first-order chi connectivity index (χ1) is 15.6. The van der Waals surface area contributed by atoms with E-state index in [2.05, 4.69) is 31.6 Å². The Labute approximate surface area is 191 Å². The van der Waals surface area contributed by atoms with Crippen LogP contribution in [0.1, 0.15) is 11.1 Å². The molecule has 0 aliphatic carbocycles. The maximum atomic E-state index is 11.7. The maximum Gasteiger partial charge on any atom is 0.237 e. The third-order valence-electron chi connectivity index (χ3n) is 4.84. The number of amides is 1. The van der Waals surface area contributed by atoms with Crippen LogP contribution in [0.3, 0.4) is 0 Å². The molecule has 166 valence electrons. The van der Waals surface area contributed by atoms with Crippen molar-refractivity contribution >= 4 is 29.1 Å². The zero-order valence-corrected chi connectivity index (χ0v) is 18.2. The first-order valence-corrected chi connectivity index (χ1v) is 10.6. The highest BCUT2D eigenvalue weighted by Crippen LogP contribution is 2.18. The van der Waals surface area contributed by atoms with E-state index in [0.29, 0.717) is 49.1 Å². The van der Waals surface area contributed by atoms with Crippen LogP contribution < -0.4 is 15.4 Å². The molecule has 0 atom stereocenters. The Morgan fingerprint density at radius 3 is 2.53 bits per heavy atom. The molecule has 3 rings (SSSR count). The molecule has 0 radical (unpaired) electrons. The fourth-order valence-electron chi connectivity index (χ4n) is 3.06. The van der Waals surface area contributed by atoms with Gasteiger partial charge in [-0.3, -0.25) is 9.69 Å². The van der Waals surface area contributed by atoms with Crippen molar-refractivity contribution in [3.05, 3.63) is 41.6 Å². The van der Waals surface area contributed by atoms with E-state index in [1.165, 1.54) is 6.20 Å². The summed E-state index contributed by atoms with van der Waals surface area (Å²) in [7, 11) is 0. The Balaban J connectivity index is 1.47. The Morgan fingerprint density at radius 2 is 1.88 bits per heavy atom. The van der Waals surface area contributed by atoms with Crippen LogP contribution in [0.25, 0.3) is 0 Å². The maximum absolute atomic E-state index is 11.7. The average molecular weight is 455 g/mol. The number of aromatic nitrogens is 2. The lowest BCUT2D eigenvalue weighted by molar-refractivity contribution is -0.130. The van der Waals surface area contributed by atoms with Gasteiger partial charge >= 0.3 is 0 Å². The zero-order chi connectivity index (χ0) is 22.8. The summed E-state index contributed by atoms with van der Waals surface area (Å²) in [6.07, 6.45) is 1.49. The van der Waals surface area contributed by atoms with Crippen LogP contribution in [0, 0.1) is 22.7 Å². The molecule has 1 saturated heterocycles. The molecule has 0 aromatic carbocycles. The lowest BCUT2D eigenvalue weighted by atomic mass is 10.3. The monoisotopic (exact) mass is 454 g/mol. The molecule has 10 nitrogen and oxygen atoms in total. The van der Waals surface area contributed by atoms with Gasteiger partial charge in [0, 0.05) is 32.4 Å². The molecule has 11 heteroatoms. The smallest absolute Gasteiger partial charge is 0.237 e. The molecule has 0 unspecified atom stereocenters. The number of piperazine rings is 1. The number of anilines is 2. The van der Waals surface area contributed by atoms with Crippen LogP contribution in [-0.4, -0.2) is 77.6 Å². The Hall–Kier alpha value is -3.60. The minimum atomic E-state index is -0.0423. The van der Waals surface area contributed by atoms with Crippen molar-refractivity contribution in [3.63, 3.8) is 0 Å². The minimum Gasteiger partial charge on any atom is -0.475 e. The van der Waals surface area contributed by atoms with Crippen molar-refractivity contribution in [2.75, 3.05) is 62.5 Å². The van der Waals surface area contributed by atoms with E-state index >= 15 is 0 Å². The molecule has 0 saturated carbocycles. The number of ether oxygens (including phenoxy) is 1. The summed E-state index contributed by atoms with van der Waals surface area (Å²) in [5.74, 6) is 1.45. The SMILES string of the molecule is N#Cc1ccc(NCCOc2nc(NCN3CCN(C(=O)CCl)CC3)ccc2C#N)nc1. The number of nitrogens with one attached hydrogen (secondary N) is 2. The van der Waals surface area contributed by atoms with Gasteiger partial charge in [-0.15, -0.1) is 11.6 Å². The second-order valence-corrected chi connectivity index (χ2v) is 7.21. The summed E-state index contributed by atoms with van der Waals surface area (Å²) in [5.41, 5.74) is 0.838. The summed E-state index contributed by atoms with van der Waals surface area (Å²) in [4.78, 5) is 24.1. The predicted octanol–water partition coefficient (Wildman–Crippen LogP) is 1.46. The first kappa shape index (κ1) is 23.1. The second kappa shape index (κ2) is 11.7. The highest BCUT2D eigenvalue weighted by molar-refractivity contribution is 6.27. The molecule has 32 heavy (non-hydrogen) atoms. The summed E-state index contributed by atoms with van der Waals surface area (Å²) in [6, 6.07) is 10.9. The number of halogens is 1. The van der Waals surface area contributed by atoms with E-state index in [9.17, 15) is 10.1 Å².